The smallest absolute Gasteiger partial charge is 0.238 e. The number of aryl methyl sites for hydroxylation is 1. The molecule has 0 unspecified atom stereocenters. The van der Waals surface area contributed by atoms with Crippen molar-refractivity contribution in [1.82, 2.24) is 14.8 Å². The molecule has 20 heavy (non-hydrogen) atoms. The van der Waals surface area contributed by atoms with Crippen LogP contribution in [0.3, 0.4) is 0 Å². The van der Waals surface area contributed by atoms with Crippen molar-refractivity contribution in [2.24, 2.45) is 12.2 Å². The third-order valence-electron chi connectivity index (χ3n) is 2.82. The lowest BCUT2D eigenvalue weighted by Crippen LogP contribution is -2.14. The highest BCUT2D eigenvalue weighted by atomic mass is 32.2. The highest BCUT2D eigenvalue weighted by Gasteiger charge is 2.10. The number of nitrogen functional groups attached to an aromatic ring is 1. The van der Waals surface area contributed by atoms with Crippen molar-refractivity contribution in [3.63, 3.8) is 0 Å². The van der Waals surface area contributed by atoms with Gasteiger partial charge in [0, 0.05) is 20.0 Å². The van der Waals surface area contributed by atoms with Gasteiger partial charge in [-0.15, -0.1) is 10.2 Å². The molecule has 0 aliphatic carbocycles. The summed E-state index contributed by atoms with van der Waals surface area (Å²) in [6.07, 6.45) is 2.25. The number of nitrogens with one attached hydrogen (secondary N) is 1. The summed E-state index contributed by atoms with van der Waals surface area (Å²) in [7, 11) is -1.89. The Bertz CT molecular complexity index is 709. The highest BCUT2D eigenvalue weighted by molar-refractivity contribution is 7.89. The molecule has 1 aromatic heterocycles. The fourth-order valence-corrected chi connectivity index (χ4v) is 2.25. The number of hydrogen-bond donors (Lipinski definition) is 3. The molecular weight excluding hydrogens is 280 g/mol. The Morgan fingerprint density at radius 1 is 1.40 bits per heavy atom. The van der Waals surface area contributed by atoms with Crippen molar-refractivity contribution in [2.45, 2.75) is 11.3 Å². The van der Waals surface area contributed by atoms with E-state index in [1.165, 1.54) is 18.2 Å². The largest absolute Gasteiger partial charge is 0.397 e. The number of sulfonamides is 1. The Morgan fingerprint density at radius 3 is 2.75 bits per heavy atom. The van der Waals surface area contributed by atoms with Gasteiger partial charge in [-0.1, -0.05) is 0 Å². The maximum absolute atomic E-state index is 11.3. The number of benzene rings is 1. The zero-order valence-electron chi connectivity index (χ0n) is 10.9. The minimum absolute atomic E-state index is 0.0212. The van der Waals surface area contributed by atoms with Gasteiger partial charge in [0.05, 0.1) is 16.3 Å². The number of rotatable bonds is 5. The molecule has 0 atom stereocenters. The molecule has 5 N–H and O–H groups in total. The number of hydrogen-bond acceptors (Lipinski definition) is 6. The lowest BCUT2D eigenvalue weighted by molar-refractivity contribution is 0.598. The van der Waals surface area contributed by atoms with Gasteiger partial charge in [-0.3, -0.25) is 0 Å². The quantitative estimate of drug-likeness (QED) is 0.650. The van der Waals surface area contributed by atoms with Gasteiger partial charge in [0.1, 0.15) is 12.2 Å². The van der Waals surface area contributed by atoms with Crippen LogP contribution >= 0.6 is 0 Å². The Kier molecular flexibility index (Phi) is 3.91. The van der Waals surface area contributed by atoms with E-state index < -0.39 is 10.0 Å². The first-order valence-corrected chi connectivity index (χ1v) is 7.41. The first-order chi connectivity index (χ1) is 9.38. The fourth-order valence-electron chi connectivity index (χ4n) is 1.71. The van der Waals surface area contributed by atoms with Gasteiger partial charge < -0.3 is 15.6 Å². The predicted octanol–water partition coefficient (Wildman–Crippen LogP) is -0.301. The van der Waals surface area contributed by atoms with E-state index in [1.807, 2.05) is 11.6 Å². The molecule has 108 valence electrons. The van der Waals surface area contributed by atoms with E-state index in [2.05, 4.69) is 15.5 Å². The summed E-state index contributed by atoms with van der Waals surface area (Å²) in [5, 5.41) is 15.9. The van der Waals surface area contributed by atoms with E-state index in [0.29, 0.717) is 24.3 Å². The van der Waals surface area contributed by atoms with Crippen molar-refractivity contribution in [3.05, 3.63) is 30.4 Å². The standard InChI is InChI=1S/C11H16N6O2S/c1-17-7-15-16-11(17)4-5-14-10-6-8(20(13,18)19)2-3-9(10)12/h2-3,6-7,14H,4-5,12H2,1H3,(H2,13,18,19). The molecule has 2 aromatic rings. The second-order valence-corrected chi connectivity index (χ2v) is 5.89. The van der Waals surface area contributed by atoms with Crippen molar-refractivity contribution < 1.29 is 8.42 Å². The number of nitrogens with two attached hydrogens (primary N) is 2. The second-order valence-electron chi connectivity index (χ2n) is 4.33. The Balaban J connectivity index is 2.08. The molecule has 0 aliphatic rings. The molecule has 1 aromatic carbocycles. The summed E-state index contributed by atoms with van der Waals surface area (Å²) in [5.74, 6) is 0.818. The summed E-state index contributed by atoms with van der Waals surface area (Å²) in [6, 6.07) is 4.30. The van der Waals surface area contributed by atoms with Crippen molar-refractivity contribution in [3.8, 4) is 0 Å². The Hall–Kier alpha value is -2.13. The van der Waals surface area contributed by atoms with Crippen LogP contribution in [0.5, 0.6) is 0 Å². The maximum atomic E-state index is 11.3. The average molecular weight is 296 g/mol. The summed E-state index contributed by atoms with van der Waals surface area (Å²) in [5.41, 5.74) is 6.77. The minimum atomic E-state index is -3.74. The molecule has 1 heterocycles. The Labute approximate surface area is 116 Å². The Morgan fingerprint density at radius 2 is 2.15 bits per heavy atom. The van der Waals surface area contributed by atoms with Crippen LogP contribution in [-0.2, 0) is 23.5 Å². The van der Waals surface area contributed by atoms with E-state index in [0.717, 1.165) is 5.82 Å². The summed E-state index contributed by atoms with van der Waals surface area (Å²) in [4.78, 5) is 0.0212. The van der Waals surface area contributed by atoms with Crippen LogP contribution in [0.2, 0.25) is 0 Å². The van der Waals surface area contributed by atoms with Crippen molar-refractivity contribution in [1.29, 1.82) is 0 Å². The van der Waals surface area contributed by atoms with Crippen LogP contribution in [0.1, 0.15) is 5.82 Å². The first-order valence-electron chi connectivity index (χ1n) is 5.87. The molecule has 0 fully saturated rings. The summed E-state index contributed by atoms with van der Waals surface area (Å²) in [6.45, 7) is 0.546. The zero-order chi connectivity index (χ0) is 14.8. The summed E-state index contributed by atoms with van der Waals surface area (Å²) >= 11 is 0. The van der Waals surface area contributed by atoms with Gasteiger partial charge in [-0.05, 0) is 18.2 Å². The molecule has 9 heteroatoms. The monoisotopic (exact) mass is 296 g/mol. The van der Waals surface area contributed by atoms with Crippen molar-refractivity contribution in [2.75, 3.05) is 17.6 Å². The van der Waals surface area contributed by atoms with E-state index in [-0.39, 0.29) is 4.90 Å². The van der Waals surface area contributed by atoms with Crippen molar-refractivity contribution >= 4 is 21.4 Å². The molecule has 0 bridgehead atoms. The molecule has 0 saturated carbocycles. The first kappa shape index (κ1) is 14.3. The van der Waals surface area contributed by atoms with Crippen LogP contribution in [0, 0.1) is 0 Å². The molecule has 2 rings (SSSR count). The number of aromatic nitrogens is 3. The molecule has 0 saturated heterocycles. The van der Waals surface area contributed by atoms with Crippen LogP contribution in [0.25, 0.3) is 0 Å². The average Bonchev–Trinajstić information content (AvgIpc) is 2.76. The topological polar surface area (TPSA) is 129 Å². The number of anilines is 2. The van der Waals surface area contributed by atoms with Crippen LogP contribution < -0.4 is 16.2 Å². The lowest BCUT2D eigenvalue weighted by Gasteiger charge is -2.10. The van der Waals surface area contributed by atoms with Gasteiger partial charge in [-0.25, -0.2) is 13.6 Å². The molecule has 0 radical (unpaired) electrons. The van der Waals surface area contributed by atoms with Gasteiger partial charge in [0.25, 0.3) is 0 Å². The van der Waals surface area contributed by atoms with Gasteiger partial charge in [-0.2, -0.15) is 0 Å². The van der Waals surface area contributed by atoms with E-state index in [4.69, 9.17) is 10.9 Å². The SMILES string of the molecule is Cn1cnnc1CCNc1cc(S(N)(=O)=O)ccc1N. The maximum Gasteiger partial charge on any atom is 0.238 e. The summed E-state index contributed by atoms with van der Waals surface area (Å²) < 4.78 is 24.4. The number of primary sulfonamides is 1. The highest BCUT2D eigenvalue weighted by Crippen LogP contribution is 2.22. The fraction of sp³-hybridized carbons (Fsp3) is 0.273. The van der Waals surface area contributed by atoms with Crippen LogP contribution in [0.4, 0.5) is 11.4 Å². The molecule has 0 aliphatic heterocycles. The van der Waals surface area contributed by atoms with E-state index >= 15 is 0 Å². The zero-order valence-corrected chi connectivity index (χ0v) is 11.8. The van der Waals surface area contributed by atoms with E-state index in [1.54, 1.807) is 6.33 Å². The number of nitrogens with zero attached hydrogens (tertiary/aromatic N) is 3. The van der Waals surface area contributed by atoms with Gasteiger partial charge in [0.2, 0.25) is 10.0 Å². The van der Waals surface area contributed by atoms with Gasteiger partial charge >= 0.3 is 0 Å². The molecule has 0 spiro atoms. The third kappa shape index (κ3) is 3.25. The van der Waals surface area contributed by atoms with Crippen LogP contribution in [0.15, 0.2) is 29.4 Å². The third-order valence-corrected chi connectivity index (χ3v) is 3.73. The van der Waals surface area contributed by atoms with E-state index in [9.17, 15) is 8.42 Å². The second kappa shape index (κ2) is 5.47. The van der Waals surface area contributed by atoms with Crippen LogP contribution in [-0.4, -0.2) is 29.7 Å². The minimum Gasteiger partial charge on any atom is -0.397 e. The normalized spacial score (nSPS) is 11.5. The molecular formula is C11H16N6O2S. The predicted molar refractivity (Wildman–Crippen MR) is 75.4 cm³/mol. The molecule has 8 nitrogen and oxygen atoms in total. The lowest BCUT2D eigenvalue weighted by atomic mass is 10.2. The molecule has 0 amide bonds. The van der Waals surface area contributed by atoms with Gasteiger partial charge in [0.15, 0.2) is 0 Å².